The predicted octanol–water partition coefficient (Wildman–Crippen LogP) is 2.72. The summed E-state index contributed by atoms with van der Waals surface area (Å²) in [7, 11) is 0. The maximum atomic E-state index is 13.3. The summed E-state index contributed by atoms with van der Waals surface area (Å²) in [4.78, 5) is 26.9. The van der Waals surface area contributed by atoms with Gasteiger partial charge in [0.15, 0.2) is 0 Å². The third-order valence-corrected chi connectivity index (χ3v) is 5.58. The highest BCUT2D eigenvalue weighted by atomic mass is 19.1. The summed E-state index contributed by atoms with van der Waals surface area (Å²) >= 11 is 0. The van der Waals surface area contributed by atoms with Crippen LogP contribution in [0, 0.1) is 5.82 Å². The number of hydrogen-bond donors (Lipinski definition) is 2. The van der Waals surface area contributed by atoms with Gasteiger partial charge >= 0.3 is 0 Å². The fourth-order valence-electron chi connectivity index (χ4n) is 3.80. The van der Waals surface area contributed by atoms with Crippen molar-refractivity contribution in [3.05, 3.63) is 84.2 Å². The van der Waals surface area contributed by atoms with E-state index in [1.807, 2.05) is 30.3 Å². The van der Waals surface area contributed by atoms with Gasteiger partial charge in [-0.2, -0.15) is 0 Å². The molecule has 2 aromatic carbocycles. The third-order valence-electron chi connectivity index (χ3n) is 5.58. The first-order chi connectivity index (χ1) is 14.0. The Hall–Kier alpha value is -2.99. The Bertz CT molecular complexity index is 859. The van der Waals surface area contributed by atoms with Gasteiger partial charge in [-0.1, -0.05) is 49.0 Å². The van der Waals surface area contributed by atoms with E-state index in [1.165, 1.54) is 30.3 Å². The van der Waals surface area contributed by atoms with E-state index in [4.69, 9.17) is 0 Å². The molecule has 0 unspecified atom stereocenters. The predicted molar refractivity (Wildman–Crippen MR) is 109 cm³/mol. The summed E-state index contributed by atoms with van der Waals surface area (Å²) in [6, 6.07) is 15.1. The van der Waals surface area contributed by atoms with Crippen LogP contribution >= 0.6 is 0 Å². The molecular weight excluding hydrogens is 371 g/mol. The molecule has 1 aliphatic heterocycles. The van der Waals surface area contributed by atoms with Crippen LogP contribution in [-0.4, -0.2) is 41.5 Å². The van der Waals surface area contributed by atoms with Gasteiger partial charge in [0.1, 0.15) is 5.82 Å². The molecule has 0 saturated carbocycles. The molecule has 1 heterocycles. The molecule has 6 heteroatoms. The molecule has 2 amide bonds. The highest BCUT2D eigenvalue weighted by Crippen LogP contribution is 2.36. The Labute approximate surface area is 169 Å². The fraction of sp³-hybridized carbons (Fsp3) is 0.304. The van der Waals surface area contributed by atoms with Gasteiger partial charge < -0.3 is 15.3 Å². The summed E-state index contributed by atoms with van der Waals surface area (Å²) < 4.78 is 13.1. The number of carbonyl (C=O) groups is 2. The third kappa shape index (κ3) is 4.54. The minimum Gasteiger partial charge on any atom is -0.387 e. The molecular formula is C23H25FN2O3. The van der Waals surface area contributed by atoms with Gasteiger partial charge in [0, 0.05) is 19.6 Å². The molecule has 0 spiro atoms. The molecule has 1 fully saturated rings. The van der Waals surface area contributed by atoms with Crippen LogP contribution in [0.2, 0.25) is 0 Å². The van der Waals surface area contributed by atoms with E-state index in [1.54, 1.807) is 4.90 Å². The number of aliphatic hydroxyl groups is 1. The van der Waals surface area contributed by atoms with Crippen LogP contribution in [0.25, 0.3) is 0 Å². The van der Waals surface area contributed by atoms with Gasteiger partial charge in [0.05, 0.1) is 11.5 Å². The molecule has 1 atom stereocenters. The maximum Gasteiger partial charge on any atom is 0.245 e. The lowest BCUT2D eigenvalue weighted by molar-refractivity contribution is -0.134. The summed E-state index contributed by atoms with van der Waals surface area (Å²) in [5, 5.41) is 13.2. The average Bonchev–Trinajstić information content (AvgIpc) is 2.77. The zero-order chi connectivity index (χ0) is 20.9. The number of rotatable bonds is 6. The molecule has 2 N–H and O–H groups in total. The van der Waals surface area contributed by atoms with Crippen molar-refractivity contribution in [2.24, 2.45) is 0 Å². The minimum atomic E-state index is -0.935. The van der Waals surface area contributed by atoms with E-state index in [-0.39, 0.29) is 24.2 Å². The molecule has 1 aliphatic rings. The second-order valence-corrected chi connectivity index (χ2v) is 7.25. The number of hydrogen-bond acceptors (Lipinski definition) is 3. The van der Waals surface area contributed by atoms with Gasteiger partial charge in [-0.3, -0.25) is 9.59 Å². The number of aliphatic hydroxyl groups excluding tert-OH is 1. The van der Waals surface area contributed by atoms with Crippen molar-refractivity contribution in [2.45, 2.75) is 24.4 Å². The van der Waals surface area contributed by atoms with E-state index in [0.717, 1.165) is 5.56 Å². The van der Waals surface area contributed by atoms with Crippen molar-refractivity contribution in [3.8, 4) is 0 Å². The van der Waals surface area contributed by atoms with Crippen LogP contribution in [0.3, 0.4) is 0 Å². The highest BCUT2D eigenvalue weighted by molar-refractivity contribution is 5.90. The van der Waals surface area contributed by atoms with E-state index >= 15 is 0 Å². The topological polar surface area (TPSA) is 69.6 Å². The summed E-state index contributed by atoms with van der Waals surface area (Å²) in [5.74, 6) is -0.705. The van der Waals surface area contributed by atoms with E-state index in [9.17, 15) is 19.1 Å². The Kier molecular flexibility index (Phi) is 6.44. The first-order valence-corrected chi connectivity index (χ1v) is 9.65. The minimum absolute atomic E-state index is 0.0222. The Morgan fingerprint density at radius 1 is 1.14 bits per heavy atom. The van der Waals surface area contributed by atoms with Crippen molar-refractivity contribution in [2.75, 3.05) is 19.6 Å². The van der Waals surface area contributed by atoms with Gasteiger partial charge in [-0.25, -0.2) is 4.39 Å². The molecule has 0 aliphatic carbocycles. The summed E-state index contributed by atoms with van der Waals surface area (Å²) in [6.45, 7) is 4.45. The number of carbonyl (C=O) groups excluding carboxylic acids is 2. The maximum absolute atomic E-state index is 13.3. The van der Waals surface area contributed by atoms with Gasteiger partial charge in [0.2, 0.25) is 11.8 Å². The second kappa shape index (κ2) is 9.01. The van der Waals surface area contributed by atoms with Crippen molar-refractivity contribution < 1.29 is 19.1 Å². The zero-order valence-corrected chi connectivity index (χ0v) is 16.2. The number of amides is 2. The number of nitrogens with one attached hydrogen (secondary N) is 1. The Morgan fingerprint density at radius 3 is 2.34 bits per heavy atom. The van der Waals surface area contributed by atoms with Crippen molar-refractivity contribution >= 4 is 11.8 Å². The van der Waals surface area contributed by atoms with E-state index < -0.39 is 11.5 Å². The lowest BCUT2D eigenvalue weighted by Gasteiger charge is -2.41. The normalized spacial score (nSPS) is 16.7. The SMILES string of the molecule is C=CC(=O)N1CCC(C(=O)NC[C@H](O)c2ccc(F)cc2)(c2ccccc2)CC1. The van der Waals surface area contributed by atoms with Gasteiger partial charge in [-0.05, 0) is 42.2 Å². The second-order valence-electron chi connectivity index (χ2n) is 7.25. The lowest BCUT2D eigenvalue weighted by Crippen LogP contribution is -2.53. The first kappa shape index (κ1) is 20.7. The molecule has 5 nitrogen and oxygen atoms in total. The zero-order valence-electron chi connectivity index (χ0n) is 16.2. The standard InChI is InChI=1S/C23H25FN2O3/c1-2-21(28)26-14-12-23(13-15-26,18-6-4-3-5-7-18)22(29)25-16-20(27)17-8-10-19(24)11-9-17/h2-11,20,27H,1,12-16H2,(H,25,29)/t20-/m0/s1. The van der Waals surface area contributed by atoms with Crippen LogP contribution in [0.4, 0.5) is 4.39 Å². The summed E-state index contributed by atoms with van der Waals surface area (Å²) in [6.07, 6.45) is 1.31. The molecule has 1 saturated heterocycles. The Morgan fingerprint density at radius 2 is 1.76 bits per heavy atom. The molecule has 29 heavy (non-hydrogen) atoms. The molecule has 2 aromatic rings. The first-order valence-electron chi connectivity index (χ1n) is 9.65. The monoisotopic (exact) mass is 396 g/mol. The van der Waals surface area contributed by atoms with E-state index in [2.05, 4.69) is 11.9 Å². The summed E-state index contributed by atoms with van der Waals surface area (Å²) in [5.41, 5.74) is 0.646. The molecule has 152 valence electrons. The van der Waals surface area contributed by atoms with Gasteiger partial charge in [0.25, 0.3) is 0 Å². The van der Waals surface area contributed by atoms with Gasteiger partial charge in [-0.15, -0.1) is 0 Å². The van der Waals surface area contributed by atoms with Crippen molar-refractivity contribution in [3.63, 3.8) is 0 Å². The number of nitrogens with zero attached hydrogens (tertiary/aromatic N) is 1. The van der Waals surface area contributed by atoms with E-state index in [0.29, 0.717) is 31.5 Å². The molecule has 0 aromatic heterocycles. The number of halogens is 1. The van der Waals surface area contributed by atoms with Crippen molar-refractivity contribution in [1.82, 2.24) is 10.2 Å². The fourth-order valence-corrected chi connectivity index (χ4v) is 3.80. The van der Waals surface area contributed by atoms with Crippen LogP contribution in [0.15, 0.2) is 67.3 Å². The van der Waals surface area contributed by atoms with Crippen LogP contribution in [0.5, 0.6) is 0 Å². The van der Waals surface area contributed by atoms with Crippen LogP contribution in [-0.2, 0) is 15.0 Å². The van der Waals surface area contributed by atoms with Crippen LogP contribution in [0.1, 0.15) is 30.1 Å². The lowest BCUT2D eigenvalue weighted by atomic mass is 9.72. The number of likely N-dealkylation sites (tertiary alicyclic amines) is 1. The Balaban J connectivity index is 1.74. The highest BCUT2D eigenvalue weighted by Gasteiger charge is 2.43. The van der Waals surface area contributed by atoms with Crippen LogP contribution < -0.4 is 5.32 Å². The smallest absolute Gasteiger partial charge is 0.245 e. The largest absolute Gasteiger partial charge is 0.387 e. The number of benzene rings is 2. The van der Waals surface area contributed by atoms with Crippen molar-refractivity contribution in [1.29, 1.82) is 0 Å². The quantitative estimate of drug-likeness (QED) is 0.738. The molecule has 3 rings (SSSR count). The number of piperidine rings is 1. The molecule has 0 bridgehead atoms. The molecule has 0 radical (unpaired) electrons. The average molecular weight is 396 g/mol.